The predicted octanol–water partition coefficient (Wildman–Crippen LogP) is 2.95. The van der Waals surface area contributed by atoms with Crippen molar-refractivity contribution in [2.45, 2.75) is 31.8 Å². The second-order valence-electron chi connectivity index (χ2n) is 5.49. The minimum absolute atomic E-state index is 0.321. The number of fused-ring (bicyclic) bond motifs is 1. The fourth-order valence-electron chi connectivity index (χ4n) is 2.70. The smallest absolute Gasteiger partial charge is 0.132 e. The van der Waals surface area contributed by atoms with Crippen LogP contribution >= 0.6 is 15.9 Å². The summed E-state index contributed by atoms with van der Waals surface area (Å²) in [5.41, 5.74) is 8.15. The van der Waals surface area contributed by atoms with Gasteiger partial charge < -0.3 is 15.0 Å². The van der Waals surface area contributed by atoms with Crippen molar-refractivity contribution in [1.82, 2.24) is 9.55 Å². The highest BCUT2D eigenvalue weighted by Gasteiger charge is 2.37. The van der Waals surface area contributed by atoms with Crippen molar-refractivity contribution in [2.24, 2.45) is 5.73 Å². The second-order valence-corrected chi connectivity index (χ2v) is 6.41. The van der Waals surface area contributed by atoms with Gasteiger partial charge in [-0.3, -0.25) is 0 Å². The van der Waals surface area contributed by atoms with Gasteiger partial charge in [-0.2, -0.15) is 0 Å². The largest absolute Gasteiger partial charge is 0.379 e. The van der Waals surface area contributed by atoms with Crippen LogP contribution in [0.5, 0.6) is 0 Å². The van der Waals surface area contributed by atoms with Crippen LogP contribution in [0.1, 0.15) is 32.1 Å². The third kappa shape index (κ3) is 2.10. The summed E-state index contributed by atoms with van der Waals surface area (Å²) in [5, 5.41) is 0. The molecule has 3 rings (SSSR count). The van der Waals surface area contributed by atoms with Gasteiger partial charge in [0.15, 0.2) is 0 Å². The van der Waals surface area contributed by atoms with Crippen LogP contribution in [0.15, 0.2) is 22.7 Å². The van der Waals surface area contributed by atoms with Crippen LogP contribution < -0.4 is 5.73 Å². The van der Waals surface area contributed by atoms with Gasteiger partial charge in [0, 0.05) is 17.1 Å². The van der Waals surface area contributed by atoms with Crippen LogP contribution in [0.4, 0.5) is 0 Å². The van der Waals surface area contributed by atoms with E-state index in [0.717, 1.165) is 27.8 Å². The number of aromatic nitrogens is 2. The number of nitrogens with zero attached hydrogens (tertiary/aromatic N) is 2. The fourth-order valence-corrected chi connectivity index (χ4v) is 3.05. The van der Waals surface area contributed by atoms with Crippen molar-refractivity contribution < 1.29 is 4.74 Å². The van der Waals surface area contributed by atoms with Crippen molar-refractivity contribution >= 4 is 27.0 Å². The lowest BCUT2D eigenvalue weighted by Crippen LogP contribution is -2.40. The molecular weight excluding hydrogens is 306 g/mol. The number of rotatable bonds is 2. The molecule has 2 N–H and O–H groups in total. The molecule has 1 unspecified atom stereocenters. The summed E-state index contributed by atoms with van der Waals surface area (Å²) in [4.78, 5) is 4.78. The zero-order valence-corrected chi connectivity index (χ0v) is 12.8. The van der Waals surface area contributed by atoms with Crippen LogP contribution in [-0.4, -0.2) is 22.8 Å². The second kappa shape index (κ2) is 4.58. The number of ether oxygens (including phenoxy) is 1. The number of imidazole rings is 1. The first kappa shape index (κ1) is 13.1. The number of halogens is 1. The SMILES string of the molecule is CC(C)n1c(C2(N)CCOC2)nc2cc(Br)ccc21. The number of nitrogens with two attached hydrogens (primary N) is 1. The molecule has 0 amide bonds. The van der Waals surface area contributed by atoms with E-state index in [2.05, 4.69) is 40.4 Å². The maximum absolute atomic E-state index is 6.50. The molecule has 1 saturated heterocycles. The zero-order valence-electron chi connectivity index (χ0n) is 11.2. The summed E-state index contributed by atoms with van der Waals surface area (Å²) in [5.74, 6) is 0.938. The molecule has 5 heteroatoms. The van der Waals surface area contributed by atoms with Crippen molar-refractivity contribution in [3.8, 4) is 0 Å². The highest BCUT2D eigenvalue weighted by Crippen LogP contribution is 2.33. The summed E-state index contributed by atoms with van der Waals surface area (Å²) in [6.45, 7) is 5.57. The van der Waals surface area contributed by atoms with Crippen LogP contribution in [0.3, 0.4) is 0 Å². The summed E-state index contributed by atoms with van der Waals surface area (Å²) >= 11 is 3.50. The molecule has 2 aromatic rings. The lowest BCUT2D eigenvalue weighted by Gasteiger charge is -2.24. The Balaban J connectivity index is 2.25. The van der Waals surface area contributed by atoms with Crippen molar-refractivity contribution in [3.05, 3.63) is 28.5 Å². The van der Waals surface area contributed by atoms with E-state index in [-0.39, 0.29) is 0 Å². The Kier molecular flexibility index (Phi) is 3.15. The van der Waals surface area contributed by atoms with Gasteiger partial charge in [0.05, 0.1) is 17.6 Å². The van der Waals surface area contributed by atoms with E-state index < -0.39 is 5.54 Å². The minimum Gasteiger partial charge on any atom is -0.379 e. The molecule has 0 radical (unpaired) electrons. The highest BCUT2D eigenvalue weighted by atomic mass is 79.9. The normalized spacial score (nSPS) is 23.6. The molecule has 1 aliphatic heterocycles. The summed E-state index contributed by atoms with van der Waals surface area (Å²) in [6, 6.07) is 6.50. The fraction of sp³-hybridized carbons (Fsp3) is 0.500. The van der Waals surface area contributed by atoms with Crippen LogP contribution in [-0.2, 0) is 10.3 Å². The molecule has 1 aromatic carbocycles. The molecule has 0 saturated carbocycles. The Labute approximate surface area is 121 Å². The summed E-state index contributed by atoms with van der Waals surface area (Å²) in [6.07, 6.45) is 0.824. The highest BCUT2D eigenvalue weighted by molar-refractivity contribution is 9.10. The van der Waals surface area contributed by atoms with Gasteiger partial charge in [-0.1, -0.05) is 15.9 Å². The van der Waals surface area contributed by atoms with Crippen LogP contribution in [0.25, 0.3) is 11.0 Å². The van der Waals surface area contributed by atoms with E-state index in [0.29, 0.717) is 19.3 Å². The monoisotopic (exact) mass is 323 g/mol. The van der Waals surface area contributed by atoms with Gasteiger partial charge in [0.1, 0.15) is 11.4 Å². The van der Waals surface area contributed by atoms with E-state index in [1.54, 1.807) is 0 Å². The van der Waals surface area contributed by atoms with E-state index in [1.807, 2.05) is 12.1 Å². The Morgan fingerprint density at radius 1 is 1.47 bits per heavy atom. The molecule has 0 bridgehead atoms. The van der Waals surface area contributed by atoms with Crippen molar-refractivity contribution in [1.29, 1.82) is 0 Å². The van der Waals surface area contributed by atoms with Crippen molar-refractivity contribution in [2.75, 3.05) is 13.2 Å². The molecule has 102 valence electrons. The van der Waals surface area contributed by atoms with E-state index >= 15 is 0 Å². The van der Waals surface area contributed by atoms with Gasteiger partial charge in [-0.05, 0) is 38.5 Å². The quantitative estimate of drug-likeness (QED) is 0.924. The minimum atomic E-state index is -0.463. The maximum Gasteiger partial charge on any atom is 0.132 e. The van der Waals surface area contributed by atoms with E-state index in [9.17, 15) is 0 Å². The first-order chi connectivity index (χ1) is 9.01. The lowest BCUT2D eigenvalue weighted by molar-refractivity contribution is 0.175. The first-order valence-corrected chi connectivity index (χ1v) is 7.35. The topological polar surface area (TPSA) is 53.1 Å². The number of hydrogen-bond acceptors (Lipinski definition) is 3. The predicted molar refractivity (Wildman–Crippen MR) is 79.1 cm³/mol. The van der Waals surface area contributed by atoms with Gasteiger partial charge >= 0.3 is 0 Å². The molecule has 0 spiro atoms. The van der Waals surface area contributed by atoms with Gasteiger partial charge in [-0.15, -0.1) is 0 Å². The Bertz CT molecular complexity index is 614. The average molecular weight is 324 g/mol. The lowest BCUT2D eigenvalue weighted by atomic mass is 9.99. The Hall–Kier alpha value is -0.910. The van der Waals surface area contributed by atoms with E-state index in [1.165, 1.54) is 0 Å². The molecule has 19 heavy (non-hydrogen) atoms. The van der Waals surface area contributed by atoms with Gasteiger partial charge in [0.25, 0.3) is 0 Å². The molecule has 2 heterocycles. The van der Waals surface area contributed by atoms with Gasteiger partial charge in [-0.25, -0.2) is 4.98 Å². The summed E-state index contributed by atoms with van der Waals surface area (Å²) < 4.78 is 8.75. The summed E-state index contributed by atoms with van der Waals surface area (Å²) in [7, 11) is 0. The maximum atomic E-state index is 6.50. The van der Waals surface area contributed by atoms with E-state index in [4.69, 9.17) is 15.5 Å². The first-order valence-electron chi connectivity index (χ1n) is 6.56. The van der Waals surface area contributed by atoms with Crippen molar-refractivity contribution in [3.63, 3.8) is 0 Å². The molecule has 1 aromatic heterocycles. The third-order valence-corrected chi connectivity index (χ3v) is 4.16. The molecule has 1 atom stereocenters. The molecule has 0 aliphatic carbocycles. The molecule has 4 nitrogen and oxygen atoms in total. The third-order valence-electron chi connectivity index (χ3n) is 3.67. The molecule has 1 fully saturated rings. The van der Waals surface area contributed by atoms with Crippen LogP contribution in [0.2, 0.25) is 0 Å². The van der Waals surface area contributed by atoms with Gasteiger partial charge in [0.2, 0.25) is 0 Å². The Morgan fingerprint density at radius 3 is 2.89 bits per heavy atom. The zero-order chi connectivity index (χ0) is 13.6. The average Bonchev–Trinajstić information content (AvgIpc) is 2.93. The Morgan fingerprint density at radius 2 is 2.26 bits per heavy atom. The number of hydrogen-bond donors (Lipinski definition) is 1. The standard InChI is InChI=1S/C14H18BrN3O/c1-9(2)18-12-4-3-10(15)7-11(12)17-13(18)14(16)5-6-19-8-14/h3-4,7,9H,5-6,8,16H2,1-2H3. The molecular formula is C14H18BrN3O. The number of benzene rings is 1. The molecule has 1 aliphatic rings. The van der Waals surface area contributed by atoms with Crippen LogP contribution in [0, 0.1) is 0 Å².